The van der Waals surface area contributed by atoms with Gasteiger partial charge in [0.25, 0.3) is 0 Å². The van der Waals surface area contributed by atoms with Gasteiger partial charge in [-0.25, -0.2) is 0 Å². The summed E-state index contributed by atoms with van der Waals surface area (Å²) in [6.07, 6.45) is 1.67. The Morgan fingerprint density at radius 3 is 2.35 bits per heavy atom. The van der Waals surface area contributed by atoms with E-state index in [4.69, 9.17) is 31.9 Å². The maximum absolute atomic E-state index is 13.5. The van der Waals surface area contributed by atoms with E-state index in [1.807, 2.05) is 31.2 Å². The predicted octanol–water partition coefficient (Wildman–Crippen LogP) is 7.82. The first-order valence-electron chi connectivity index (χ1n) is 18.9. The molecule has 3 fully saturated rings. The Hall–Kier alpha value is -3.84. The zero-order valence-corrected chi connectivity index (χ0v) is 33.1. The zero-order chi connectivity index (χ0) is 37.8. The molecule has 0 spiro atoms. The average Bonchev–Trinajstić information content (AvgIpc) is 3.87. The van der Waals surface area contributed by atoms with Gasteiger partial charge < -0.3 is 4.90 Å². The van der Waals surface area contributed by atoms with Crippen LogP contribution in [0.3, 0.4) is 0 Å². The number of likely N-dealkylation sites (N-methyl/N-ethyl adjacent to an activating group) is 1. The first-order valence-corrected chi connectivity index (χ1v) is 23.2. The van der Waals surface area contributed by atoms with Crippen molar-refractivity contribution in [3.63, 3.8) is 0 Å². The molecule has 54 heavy (non-hydrogen) atoms. The summed E-state index contributed by atoms with van der Waals surface area (Å²) in [5.74, 6) is 1.41. The summed E-state index contributed by atoms with van der Waals surface area (Å²) in [5, 5.41) is 9.76. The molecule has 0 amide bonds. The number of piperidine rings is 1. The van der Waals surface area contributed by atoms with E-state index in [0.29, 0.717) is 29.1 Å². The Balaban J connectivity index is 1.09. The minimum atomic E-state index is -4.50. The normalized spacial score (nSPS) is 18.4. The van der Waals surface area contributed by atoms with Gasteiger partial charge in [0.15, 0.2) is 0 Å². The van der Waals surface area contributed by atoms with E-state index in [9.17, 15) is 13.2 Å². The van der Waals surface area contributed by atoms with Crippen LogP contribution >= 0.6 is 18.7 Å². The molecule has 2 saturated heterocycles. The molecule has 0 radical (unpaired) electrons. The summed E-state index contributed by atoms with van der Waals surface area (Å²) in [5.41, 5.74) is 5.71. The van der Waals surface area contributed by atoms with E-state index < -0.39 is 19.2 Å². The van der Waals surface area contributed by atoms with E-state index in [2.05, 4.69) is 62.8 Å². The van der Waals surface area contributed by atoms with E-state index >= 15 is 0 Å². The SMILES string of the molecule is Cc1cc(Nc2nc(Nc3ccc4nc(C5CC5)ccc4c3[PH](C)(C)S)c3cc[nH]c3n2)c(OCC(F)(F)F)cc1N1CCC(N2CCN(C)CC2)CC1. The first-order chi connectivity index (χ1) is 25.8. The van der Waals surface area contributed by atoms with Gasteiger partial charge in [-0.3, -0.25) is 4.90 Å². The summed E-state index contributed by atoms with van der Waals surface area (Å²) in [6, 6.07) is 14.4. The van der Waals surface area contributed by atoms with Crippen LogP contribution in [-0.4, -0.2) is 108 Å². The second-order valence-electron chi connectivity index (χ2n) is 15.6. The fourth-order valence-corrected chi connectivity index (χ4v) is 10.4. The van der Waals surface area contributed by atoms with Gasteiger partial charge >= 0.3 is 232 Å². The third-order valence-corrected chi connectivity index (χ3v) is 13.4. The van der Waals surface area contributed by atoms with Crippen LogP contribution in [0.4, 0.5) is 42.0 Å². The number of rotatable bonds is 10. The molecule has 5 aromatic rings. The molecular weight excluding hydrogens is 731 g/mol. The van der Waals surface area contributed by atoms with Gasteiger partial charge in [-0.15, -0.1) is 0 Å². The van der Waals surface area contributed by atoms with E-state index in [1.165, 1.54) is 12.8 Å². The van der Waals surface area contributed by atoms with Crippen LogP contribution in [0.15, 0.2) is 48.7 Å². The number of fused-ring (bicyclic) bond motifs is 2. The van der Waals surface area contributed by atoms with Crippen LogP contribution in [0.5, 0.6) is 5.75 Å². The number of aryl methyl sites for hydroxylation is 1. The number of aromatic nitrogens is 4. The number of ether oxygens (including phenoxy) is 1. The standard InChI is InChI=1S/C39H49F3N9OPS/c1-24-21-32(34(52-23-39(40,41)42)22-33(24)51-15-12-26(13-16-51)50-19-17-49(2)18-20-50)46-38-47-36-28(11-14-43-36)37(48-38)45-31-10-9-30-27(35(31)53(3,4)54)7-8-29(44-30)25-5-6-25/h7-11,14,21-22,25-26,53-54H,5-6,12-13,15-20,23H2,1-4H3,(H3,43,45,46,47,48). The van der Waals surface area contributed by atoms with E-state index in [1.54, 1.807) is 12.3 Å². The summed E-state index contributed by atoms with van der Waals surface area (Å²) < 4.78 is 46.1. The van der Waals surface area contributed by atoms with Gasteiger partial charge in [0.2, 0.25) is 0 Å². The number of hydrogen-bond acceptors (Lipinski definition) is 10. The van der Waals surface area contributed by atoms with Gasteiger partial charge in [-0.05, 0) is 19.9 Å². The number of aromatic amines is 1. The minimum Gasteiger partial charge on any atom is -0.304 e. The Morgan fingerprint density at radius 2 is 1.65 bits per heavy atom. The molecule has 0 unspecified atom stereocenters. The van der Waals surface area contributed by atoms with E-state index in [0.717, 1.165) is 96.3 Å². The molecule has 8 rings (SSSR count). The Bertz CT molecular complexity index is 2150. The van der Waals surface area contributed by atoms with Crippen molar-refractivity contribution in [2.24, 2.45) is 0 Å². The van der Waals surface area contributed by atoms with Crippen LogP contribution < -0.4 is 25.6 Å². The molecule has 288 valence electrons. The number of halogens is 3. The molecule has 0 bridgehead atoms. The van der Waals surface area contributed by atoms with Crippen LogP contribution in [-0.2, 0) is 0 Å². The number of anilines is 5. The van der Waals surface area contributed by atoms with Gasteiger partial charge in [0.05, 0.1) is 0 Å². The van der Waals surface area contributed by atoms with Gasteiger partial charge in [-0.1, -0.05) is 0 Å². The number of nitrogens with one attached hydrogen (secondary N) is 3. The number of thiol groups is 1. The third kappa shape index (κ3) is 8.08. The second-order valence-corrected chi connectivity index (χ2v) is 22.6. The molecular formula is C39H49F3N9OPS. The van der Waals surface area contributed by atoms with E-state index in [-0.39, 0.29) is 11.7 Å². The number of benzene rings is 2. The summed E-state index contributed by atoms with van der Waals surface area (Å²) in [6.45, 7) is 8.67. The molecule has 2 aliphatic heterocycles. The summed E-state index contributed by atoms with van der Waals surface area (Å²) in [7, 11) is 2.16. The maximum atomic E-state index is 13.5. The van der Waals surface area contributed by atoms with Crippen LogP contribution in [0.2, 0.25) is 0 Å². The minimum absolute atomic E-state index is 0.0940. The van der Waals surface area contributed by atoms with Crippen molar-refractivity contribution in [2.45, 2.75) is 50.7 Å². The third-order valence-electron chi connectivity index (χ3n) is 11.0. The Morgan fingerprint density at radius 1 is 0.889 bits per heavy atom. The topological polar surface area (TPSA) is 97.5 Å². The number of hydrogen-bond donors (Lipinski definition) is 4. The molecule has 3 N–H and O–H groups in total. The smallest absolute Gasteiger partial charge is 0.304 e. The summed E-state index contributed by atoms with van der Waals surface area (Å²) in [4.78, 5) is 25.0. The monoisotopic (exact) mass is 779 g/mol. The molecule has 15 heteroatoms. The fourth-order valence-electron chi connectivity index (χ4n) is 7.98. The fraction of sp³-hybridized carbons (Fsp3) is 0.462. The van der Waals surface area contributed by atoms with Crippen molar-refractivity contribution in [1.82, 2.24) is 29.7 Å². The number of alkyl halides is 3. The van der Waals surface area contributed by atoms with Gasteiger partial charge in [-0.2, -0.15) is 13.2 Å². The van der Waals surface area contributed by atoms with Crippen molar-refractivity contribution in [1.29, 1.82) is 0 Å². The molecule has 5 heterocycles. The molecule has 3 aromatic heterocycles. The summed E-state index contributed by atoms with van der Waals surface area (Å²) >= 11 is 5.14. The molecule has 10 nitrogen and oxygen atoms in total. The molecule has 1 saturated carbocycles. The predicted molar refractivity (Wildman–Crippen MR) is 220 cm³/mol. The first kappa shape index (κ1) is 37.1. The number of pyridine rings is 1. The van der Waals surface area contributed by atoms with Crippen molar-refractivity contribution < 1.29 is 17.9 Å². The number of piperazine rings is 1. The molecule has 0 atom stereocenters. The second kappa shape index (κ2) is 14.7. The number of H-pyrrole nitrogens is 1. The Kier molecular flexibility index (Phi) is 10.1. The molecule has 1 aliphatic carbocycles. The van der Waals surface area contributed by atoms with Crippen LogP contribution in [0, 0.1) is 6.92 Å². The van der Waals surface area contributed by atoms with Gasteiger partial charge in [0, 0.05) is 45.3 Å². The van der Waals surface area contributed by atoms with Crippen molar-refractivity contribution in [2.75, 3.05) is 81.8 Å². The average molecular weight is 780 g/mol. The molecule has 2 aromatic carbocycles. The van der Waals surface area contributed by atoms with Crippen molar-refractivity contribution in [3.8, 4) is 5.75 Å². The van der Waals surface area contributed by atoms with Gasteiger partial charge in [0.1, 0.15) is 0 Å². The quantitative estimate of drug-likeness (QED) is 0.0837. The zero-order valence-electron chi connectivity index (χ0n) is 31.2. The Labute approximate surface area is 319 Å². The van der Waals surface area contributed by atoms with Crippen LogP contribution in [0.1, 0.15) is 42.9 Å². The number of nitrogens with zero attached hydrogens (tertiary/aromatic N) is 6. The van der Waals surface area contributed by atoms with Crippen LogP contribution in [0.25, 0.3) is 21.9 Å². The molecule has 3 aliphatic rings. The van der Waals surface area contributed by atoms with Crippen molar-refractivity contribution >= 4 is 74.8 Å². The van der Waals surface area contributed by atoms with Crippen molar-refractivity contribution in [3.05, 3.63) is 59.9 Å².